The second-order valence-electron chi connectivity index (χ2n) is 3.86. The van der Waals surface area contributed by atoms with E-state index in [0.29, 0.717) is 6.54 Å². The summed E-state index contributed by atoms with van der Waals surface area (Å²) >= 11 is 3.34. The lowest BCUT2D eigenvalue weighted by Gasteiger charge is -2.05. The summed E-state index contributed by atoms with van der Waals surface area (Å²) in [7, 11) is 0. The predicted molar refractivity (Wildman–Crippen MR) is 74.7 cm³/mol. The summed E-state index contributed by atoms with van der Waals surface area (Å²) in [4.78, 5) is 11.8. The molecule has 2 aromatic rings. The molecule has 1 amide bonds. The molecule has 0 spiro atoms. The number of amides is 1. The Labute approximate surface area is 109 Å². The van der Waals surface area contributed by atoms with Gasteiger partial charge in [-0.25, -0.2) is 0 Å². The second kappa shape index (κ2) is 5.82. The van der Waals surface area contributed by atoms with Crippen molar-refractivity contribution in [1.29, 1.82) is 0 Å². The minimum Gasteiger partial charge on any atom is -0.352 e. The van der Waals surface area contributed by atoms with Gasteiger partial charge in [0.2, 0.25) is 0 Å². The first-order valence-corrected chi connectivity index (χ1v) is 6.76. The van der Waals surface area contributed by atoms with Gasteiger partial charge in [-0.05, 0) is 29.3 Å². The molecule has 0 saturated carbocycles. The first kappa shape index (κ1) is 12.1. The van der Waals surface area contributed by atoms with E-state index in [9.17, 15) is 4.79 Å². The number of fused-ring (bicyclic) bond motifs is 1. The lowest BCUT2D eigenvalue weighted by atomic mass is 10.1. The SMILES string of the molecule is O=C(NCCCBr)c1ccc2ccccc2c1. The average molecular weight is 292 g/mol. The second-order valence-corrected chi connectivity index (χ2v) is 4.65. The highest BCUT2D eigenvalue weighted by atomic mass is 79.9. The molecule has 0 unspecified atom stereocenters. The normalized spacial score (nSPS) is 10.4. The third-order valence-electron chi connectivity index (χ3n) is 2.61. The van der Waals surface area contributed by atoms with Crippen LogP contribution in [0.25, 0.3) is 10.8 Å². The maximum Gasteiger partial charge on any atom is 0.251 e. The molecule has 3 heteroatoms. The van der Waals surface area contributed by atoms with E-state index in [1.807, 2.05) is 42.5 Å². The number of carbonyl (C=O) groups is 1. The lowest BCUT2D eigenvalue weighted by Crippen LogP contribution is -2.24. The quantitative estimate of drug-likeness (QED) is 0.679. The van der Waals surface area contributed by atoms with Crippen molar-refractivity contribution in [2.24, 2.45) is 0 Å². The third-order valence-corrected chi connectivity index (χ3v) is 3.17. The molecule has 0 aliphatic heterocycles. The Kier molecular flexibility index (Phi) is 4.15. The Hall–Kier alpha value is -1.35. The van der Waals surface area contributed by atoms with E-state index in [1.54, 1.807) is 0 Å². The van der Waals surface area contributed by atoms with Gasteiger partial charge in [0.1, 0.15) is 0 Å². The fourth-order valence-electron chi connectivity index (χ4n) is 1.70. The van der Waals surface area contributed by atoms with Crippen molar-refractivity contribution in [2.45, 2.75) is 6.42 Å². The van der Waals surface area contributed by atoms with Crippen molar-refractivity contribution in [3.8, 4) is 0 Å². The zero-order chi connectivity index (χ0) is 12.1. The summed E-state index contributed by atoms with van der Waals surface area (Å²) in [6.07, 6.45) is 0.944. The van der Waals surface area contributed by atoms with E-state index in [-0.39, 0.29) is 5.91 Å². The molecule has 0 aromatic heterocycles. The van der Waals surface area contributed by atoms with Crippen molar-refractivity contribution in [1.82, 2.24) is 5.32 Å². The summed E-state index contributed by atoms with van der Waals surface area (Å²) in [5.41, 5.74) is 0.721. The number of halogens is 1. The number of hydrogen-bond donors (Lipinski definition) is 1. The molecule has 0 atom stereocenters. The van der Waals surface area contributed by atoms with Crippen LogP contribution in [0.15, 0.2) is 42.5 Å². The molecular weight excluding hydrogens is 278 g/mol. The maximum absolute atomic E-state index is 11.8. The molecule has 0 saturated heterocycles. The molecule has 2 aromatic carbocycles. The summed E-state index contributed by atoms with van der Waals surface area (Å²) < 4.78 is 0. The van der Waals surface area contributed by atoms with Crippen LogP contribution in [0.4, 0.5) is 0 Å². The molecule has 2 nitrogen and oxygen atoms in total. The van der Waals surface area contributed by atoms with Crippen molar-refractivity contribution in [3.05, 3.63) is 48.0 Å². The van der Waals surface area contributed by atoms with E-state index in [2.05, 4.69) is 21.2 Å². The molecule has 0 aliphatic rings. The number of benzene rings is 2. The van der Waals surface area contributed by atoms with Crippen LogP contribution < -0.4 is 5.32 Å². The molecule has 0 heterocycles. The van der Waals surface area contributed by atoms with Gasteiger partial charge >= 0.3 is 0 Å². The minimum absolute atomic E-state index is 0.00305. The van der Waals surface area contributed by atoms with E-state index in [1.165, 1.54) is 0 Å². The predicted octanol–water partition coefficient (Wildman–Crippen LogP) is 3.35. The van der Waals surface area contributed by atoms with Crippen LogP contribution >= 0.6 is 15.9 Å². The highest BCUT2D eigenvalue weighted by Crippen LogP contribution is 2.15. The smallest absolute Gasteiger partial charge is 0.251 e. The highest BCUT2D eigenvalue weighted by molar-refractivity contribution is 9.09. The Bertz CT molecular complexity index is 524. The Morgan fingerprint density at radius 1 is 1.12 bits per heavy atom. The van der Waals surface area contributed by atoms with Gasteiger partial charge in [0.15, 0.2) is 0 Å². The molecule has 0 radical (unpaired) electrons. The Morgan fingerprint density at radius 3 is 2.65 bits per heavy atom. The molecule has 17 heavy (non-hydrogen) atoms. The number of rotatable bonds is 4. The number of hydrogen-bond acceptors (Lipinski definition) is 1. The Morgan fingerprint density at radius 2 is 1.88 bits per heavy atom. The molecule has 0 aliphatic carbocycles. The van der Waals surface area contributed by atoms with Gasteiger partial charge in [0.05, 0.1) is 0 Å². The van der Waals surface area contributed by atoms with Crippen molar-refractivity contribution < 1.29 is 4.79 Å². The van der Waals surface area contributed by atoms with E-state index < -0.39 is 0 Å². The first-order chi connectivity index (χ1) is 8.31. The first-order valence-electron chi connectivity index (χ1n) is 5.64. The van der Waals surface area contributed by atoms with Crippen LogP contribution in [0, 0.1) is 0 Å². The van der Waals surface area contributed by atoms with Gasteiger partial charge < -0.3 is 5.32 Å². The third kappa shape index (κ3) is 3.07. The lowest BCUT2D eigenvalue weighted by molar-refractivity contribution is 0.0954. The van der Waals surface area contributed by atoms with Gasteiger partial charge in [-0.15, -0.1) is 0 Å². The summed E-state index contributed by atoms with van der Waals surface area (Å²) in [5.74, 6) is -0.00305. The van der Waals surface area contributed by atoms with Gasteiger partial charge in [-0.3, -0.25) is 4.79 Å². The molecule has 2 rings (SSSR count). The van der Waals surface area contributed by atoms with Crippen molar-refractivity contribution >= 4 is 32.6 Å². The summed E-state index contributed by atoms with van der Waals surface area (Å²) in [6.45, 7) is 0.705. The zero-order valence-electron chi connectivity index (χ0n) is 9.45. The summed E-state index contributed by atoms with van der Waals surface area (Å²) in [5, 5.41) is 6.06. The van der Waals surface area contributed by atoms with E-state index in [4.69, 9.17) is 0 Å². The largest absolute Gasteiger partial charge is 0.352 e. The van der Waals surface area contributed by atoms with Crippen LogP contribution in [0.3, 0.4) is 0 Å². The van der Waals surface area contributed by atoms with Gasteiger partial charge in [0, 0.05) is 17.4 Å². The van der Waals surface area contributed by atoms with Crippen LogP contribution in [0.1, 0.15) is 16.8 Å². The van der Waals surface area contributed by atoms with Gasteiger partial charge in [0.25, 0.3) is 5.91 Å². The van der Waals surface area contributed by atoms with Crippen LogP contribution in [0.5, 0.6) is 0 Å². The van der Waals surface area contributed by atoms with Crippen LogP contribution in [-0.2, 0) is 0 Å². The average Bonchev–Trinajstić information content (AvgIpc) is 2.38. The number of nitrogens with one attached hydrogen (secondary N) is 1. The van der Waals surface area contributed by atoms with Gasteiger partial charge in [-0.2, -0.15) is 0 Å². The monoisotopic (exact) mass is 291 g/mol. The van der Waals surface area contributed by atoms with E-state index >= 15 is 0 Å². The van der Waals surface area contributed by atoms with Crippen molar-refractivity contribution in [2.75, 3.05) is 11.9 Å². The maximum atomic E-state index is 11.8. The molecule has 0 bridgehead atoms. The highest BCUT2D eigenvalue weighted by Gasteiger charge is 2.04. The zero-order valence-corrected chi connectivity index (χ0v) is 11.0. The minimum atomic E-state index is -0.00305. The Balaban J connectivity index is 2.15. The fraction of sp³-hybridized carbons (Fsp3) is 0.214. The number of alkyl halides is 1. The topological polar surface area (TPSA) is 29.1 Å². The van der Waals surface area contributed by atoms with Gasteiger partial charge in [-0.1, -0.05) is 46.3 Å². The fourth-order valence-corrected chi connectivity index (χ4v) is 1.98. The molecule has 1 N–H and O–H groups in total. The van der Waals surface area contributed by atoms with Crippen LogP contribution in [-0.4, -0.2) is 17.8 Å². The summed E-state index contributed by atoms with van der Waals surface area (Å²) in [6, 6.07) is 13.8. The van der Waals surface area contributed by atoms with E-state index in [0.717, 1.165) is 28.1 Å². The van der Waals surface area contributed by atoms with Crippen molar-refractivity contribution in [3.63, 3.8) is 0 Å². The number of carbonyl (C=O) groups excluding carboxylic acids is 1. The molecule has 0 fully saturated rings. The standard InChI is InChI=1S/C14H14BrNO/c15-8-3-9-16-14(17)13-7-6-11-4-1-2-5-12(11)10-13/h1-2,4-7,10H,3,8-9H2,(H,16,17). The van der Waals surface area contributed by atoms with Crippen LogP contribution in [0.2, 0.25) is 0 Å². The molecular formula is C14H14BrNO. The molecule has 88 valence electrons.